The lowest BCUT2D eigenvalue weighted by molar-refractivity contribution is 0.483. The summed E-state index contributed by atoms with van der Waals surface area (Å²) in [5.41, 5.74) is 5.27. The molecule has 0 amide bonds. The molecule has 3 aromatic rings. The van der Waals surface area contributed by atoms with E-state index in [1.54, 1.807) is 18.2 Å². The van der Waals surface area contributed by atoms with Gasteiger partial charge in [0.25, 0.3) is 10.1 Å². The third-order valence-corrected chi connectivity index (χ3v) is 6.26. The molecule has 0 bridgehead atoms. The van der Waals surface area contributed by atoms with Gasteiger partial charge in [-0.1, -0.05) is 30.3 Å². The zero-order chi connectivity index (χ0) is 17.5. The van der Waals surface area contributed by atoms with Crippen LogP contribution in [0.5, 0.6) is 0 Å². The van der Waals surface area contributed by atoms with Crippen molar-refractivity contribution in [2.45, 2.75) is 14.7 Å². The van der Waals surface area contributed by atoms with E-state index in [9.17, 15) is 16.8 Å². The summed E-state index contributed by atoms with van der Waals surface area (Å²) in [6.45, 7) is 0. The maximum Gasteiger partial charge on any atom is 0.296 e. The van der Waals surface area contributed by atoms with Gasteiger partial charge in [-0.3, -0.25) is 4.55 Å². The molecule has 3 aromatic carbocycles. The molecular formula is C16H13NO5S2. The number of rotatable bonds is 3. The summed E-state index contributed by atoms with van der Waals surface area (Å²) in [6, 6.07) is 15.1. The molecule has 0 aliphatic rings. The zero-order valence-corrected chi connectivity index (χ0v) is 13.9. The number of hydrogen-bond donors (Lipinski definition) is 2. The van der Waals surface area contributed by atoms with Crippen molar-refractivity contribution in [3.8, 4) is 0 Å². The van der Waals surface area contributed by atoms with Crippen LogP contribution in [0.4, 0.5) is 5.69 Å². The smallest absolute Gasteiger partial charge is 0.296 e. The van der Waals surface area contributed by atoms with Crippen molar-refractivity contribution in [3.05, 3.63) is 60.7 Å². The molecule has 0 spiro atoms. The first-order chi connectivity index (χ1) is 11.2. The molecular weight excluding hydrogens is 350 g/mol. The molecule has 3 N–H and O–H groups in total. The topological polar surface area (TPSA) is 115 Å². The van der Waals surface area contributed by atoms with Gasteiger partial charge in [0.15, 0.2) is 0 Å². The summed E-state index contributed by atoms with van der Waals surface area (Å²) in [5, 5.41) is 1.62. The summed E-state index contributed by atoms with van der Waals surface area (Å²) in [4.78, 5) is -0.878. The number of nitrogen functional groups attached to an aromatic ring is 1. The lowest BCUT2D eigenvalue weighted by Gasteiger charge is -2.09. The largest absolute Gasteiger partial charge is 0.398 e. The fourth-order valence-corrected chi connectivity index (χ4v) is 4.41. The standard InChI is InChI=1S/C16H13NO5S2/c17-15-8-7-14(10-16(15)24(20,21)22)23(18,19)13-6-5-11-3-1-2-4-12(11)9-13/h1-10H,17H2,(H,20,21,22). The fraction of sp³-hybridized carbons (Fsp3) is 0. The van der Waals surface area contributed by atoms with Gasteiger partial charge in [-0.25, -0.2) is 8.42 Å². The van der Waals surface area contributed by atoms with Crippen LogP contribution in [0.25, 0.3) is 10.8 Å². The van der Waals surface area contributed by atoms with Crippen molar-refractivity contribution in [2.75, 3.05) is 5.73 Å². The van der Waals surface area contributed by atoms with Gasteiger partial charge in [0.1, 0.15) is 4.90 Å². The Balaban J connectivity index is 2.20. The summed E-state index contributed by atoms with van der Waals surface area (Å²) >= 11 is 0. The van der Waals surface area contributed by atoms with Crippen LogP contribution in [-0.2, 0) is 20.0 Å². The number of anilines is 1. The van der Waals surface area contributed by atoms with Crippen LogP contribution >= 0.6 is 0 Å². The molecule has 8 heteroatoms. The van der Waals surface area contributed by atoms with Crippen molar-refractivity contribution in [2.24, 2.45) is 0 Å². The van der Waals surface area contributed by atoms with E-state index >= 15 is 0 Å². The zero-order valence-electron chi connectivity index (χ0n) is 12.2. The molecule has 0 aromatic heterocycles. The van der Waals surface area contributed by atoms with Crippen molar-refractivity contribution in [1.82, 2.24) is 0 Å². The summed E-state index contributed by atoms with van der Waals surface area (Å²) < 4.78 is 57.3. The summed E-state index contributed by atoms with van der Waals surface area (Å²) in [5.74, 6) is 0. The van der Waals surface area contributed by atoms with Crippen molar-refractivity contribution >= 4 is 36.4 Å². The minimum Gasteiger partial charge on any atom is -0.398 e. The number of nitrogens with two attached hydrogens (primary N) is 1. The van der Waals surface area contributed by atoms with Gasteiger partial charge in [-0.05, 0) is 41.1 Å². The molecule has 24 heavy (non-hydrogen) atoms. The highest BCUT2D eigenvalue weighted by Gasteiger charge is 2.22. The molecule has 0 aliphatic carbocycles. The number of benzene rings is 3. The van der Waals surface area contributed by atoms with Crippen LogP contribution in [0.15, 0.2) is 75.4 Å². The molecule has 124 valence electrons. The van der Waals surface area contributed by atoms with Gasteiger partial charge in [-0.2, -0.15) is 8.42 Å². The molecule has 0 saturated heterocycles. The molecule has 3 rings (SSSR count). The lowest BCUT2D eigenvalue weighted by Crippen LogP contribution is -2.07. The molecule has 0 unspecified atom stereocenters. The van der Waals surface area contributed by atoms with Gasteiger partial charge in [0.05, 0.1) is 15.5 Å². The summed E-state index contributed by atoms with van der Waals surface area (Å²) in [6.07, 6.45) is 0. The molecule has 0 aliphatic heterocycles. The van der Waals surface area contributed by atoms with Gasteiger partial charge < -0.3 is 5.73 Å². The van der Waals surface area contributed by atoms with E-state index in [4.69, 9.17) is 10.3 Å². The van der Waals surface area contributed by atoms with Crippen LogP contribution in [0.2, 0.25) is 0 Å². The first-order valence-electron chi connectivity index (χ1n) is 6.80. The predicted octanol–water partition coefficient (Wildman–Crippen LogP) is 2.50. The molecule has 0 atom stereocenters. The van der Waals surface area contributed by atoms with E-state index in [1.807, 2.05) is 12.1 Å². The Kier molecular flexibility index (Phi) is 3.83. The average molecular weight is 363 g/mol. The molecule has 0 heterocycles. The Morgan fingerprint density at radius 2 is 1.33 bits per heavy atom. The van der Waals surface area contributed by atoms with E-state index < -0.39 is 24.9 Å². The minimum atomic E-state index is -4.62. The Morgan fingerprint density at radius 3 is 2.00 bits per heavy atom. The Bertz CT molecular complexity index is 1150. The van der Waals surface area contributed by atoms with E-state index in [1.165, 1.54) is 18.2 Å². The SMILES string of the molecule is Nc1ccc(S(=O)(=O)c2ccc3ccccc3c2)cc1S(=O)(=O)O. The molecule has 0 saturated carbocycles. The number of hydrogen-bond acceptors (Lipinski definition) is 5. The van der Waals surface area contributed by atoms with E-state index in [0.29, 0.717) is 0 Å². The van der Waals surface area contributed by atoms with E-state index in [0.717, 1.165) is 22.9 Å². The lowest BCUT2D eigenvalue weighted by atomic mass is 10.1. The monoisotopic (exact) mass is 363 g/mol. The second kappa shape index (κ2) is 5.59. The van der Waals surface area contributed by atoms with E-state index in [2.05, 4.69) is 0 Å². The molecule has 6 nitrogen and oxygen atoms in total. The van der Waals surface area contributed by atoms with Crippen LogP contribution < -0.4 is 5.73 Å². The molecule has 0 radical (unpaired) electrons. The molecule has 0 fully saturated rings. The second-order valence-corrected chi connectivity index (χ2v) is 8.53. The highest BCUT2D eigenvalue weighted by atomic mass is 32.2. The van der Waals surface area contributed by atoms with Crippen LogP contribution in [-0.4, -0.2) is 21.4 Å². The number of sulfone groups is 1. The third-order valence-electron chi connectivity index (χ3n) is 3.60. The van der Waals surface area contributed by atoms with Crippen molar-refractivity contribution in [3.63, 3.8) is 0 Å². The van der Waals surface area contributed by atoms with Crippen molar-refractivity contribution in [1.29, 1.82) is 0 Å². The highest BCUT2D eigenvalue weighted by Crippen LogP contribution is 2.28. The van der Waals surface area contributed by atoms with Crippen LogP contribution in [0.3, 0.4) is 0 Å². The maximum atomic E-state index is 12.8. The van der Waals surface area contributed by atoms with Crippen molar-refractivity contribution < 1.29 is 21.4 Å². The van der Waals surface area contributed by atoms with Gasteiger partial charge >= 0.3 is 0 Å². The number of fused-ring (bicyclic) bond motifs is 1. The quantitative estimate of drug-likeness (QED) is 0.546. The van der Waals surface area contributed by atoms with Gasteiger partial charge in [0.2, 0.25) is 9.84 Å². The predicted molar refractivity (Wildman–Crippen MR) is 90.1 cm³/mol. The highest BCUT2D eigenvalue weighted by molar-refractivity contribution is 7.91. The first kappa shape index (κ1) is 16.4. The van der Waals surface area contributed by atoms with Crippen LogP contribution in [0, 0.1) is 0 Å². The van der Waals surface area contributed by atoms with Crippen LogP contribution in [0.1, 0.15) is 0 Å². The fourth-order valence-electron chi connectivity index (χ4n) is 2.38. The summed E-state index contributed by atoms with van der Waals surface area (Å²) in [7, 11) is -8.58. The Morgan fingerprint density at radius 1 is 0.750 bits per heavy atom. The second-order valence-electron chi connectivity index (χ2n) is 5.19. The Labute approximate surface area is 139 Å². The first-order valence-corrected chi connectivity index (χ1v) is 9.73. The van der Waals surface area contributed by atoms with E-state index in [-0.39, 0.29) is 15.5 Å². The average Bonchev–Trinajstić information content (AvgIpc) is 2.53. The van der Waals surface area contributed by atoms with Gasteiger partial charge in [0, 0.05) is 0 Å². The normalized spacial score (nSPS) is 12.4. The Hall–Kier alpha value is -2.42. The van der Waals surface area contributed by atoms with Gasteiger partial charge in [-0.15, -0.1) is 0 Å². The minimum absolute atomic E-state index is 0.0206. The maximum absolute atomic E-state index is 12.8. The third kappa shape index (κ3) is 2.86.